The number of para-hydroxylation sites is 1. The fourth-order valence-electron chi connectivity index (χ4n) is 3.51. The van der Waals surface area contributed by atoms with Crippen LogP contribution in [-0.4, -0.2) is 70.3 Å². The van der Waals surface area contributed by atoms with Gasteiger partial charge in [0, 0.05) is 25.1 Å². The number of unbranched alkanes of at least 4 members (excludes halogenated alkanes) is 1. The van der Waals surface area contributed by atoms with Crippen molar-refractivity contribution in [2.24, 2.45) is 5.73 Å². The van der Waals surface area contributed by atoms with E-state index in [1.807, 2.05) is 6.92 Å². The van der Waals surface area contributed by atoms with Gasteiger partial charge in [0.1, 0.15) is 23.4 Å². The van der Waals surface area contributed by atoms with Gasteiger partial charge in [-0.25, -0.2) is 4.79 Å². The van der Waals surface area contributed by atoms with Crippen molar-refractivity contribution in [3.05, 3.63) is 29.3 Å². The van der Waals surface area contributed by atoms with Crippen molar-refractivity contribution in [1.82, 2.24) is 15.5 Å². The lowest BCUT2D eigenvalue weighted by atomic mass is 9.98. The number of benzene rings is 1. The molecule has 2 unspecified atom stereocenters. The number of aromatic hydroxyl groups is 1. The number of hydrogen-bond acceptors (Lipinski definition) is 7. The molecule has 36 heavy (non-hydrogen) atoms. The average molecular weight is 509 g/mol. The highest BCUT2D eigenvalue weighted by Crippen LogP contribution is 2.32. The third kappa shape index (κ3) is 9.73. The number of primary amides is 1. The van der Waals surface area contributed by atoms with E-state index in [0.717, 1.165) is 11.3 Å². The van der Waals surface area contributed by atoms with Crippen molar-refractivity contribution in [3.8, 4) is 5.75 Å². The molecule has 1 aromatic carbocycles. The molecule has 0 fully saturated rings. The smallest absolute Gasteiger partial charge is 0.408 e. The summed E-state index contributed by atoms with van der Waals surface area (Å²) in [6.45, 7) is 8.16. The van der Waals surface area contributed by atoms with E-state index in [9.17, 15) is 29.4 Å². The molecule has 202 valence electrons. The summed E-state index contributed by atoms with van der Waals surface area (Å²) < 4.78 is 5.25. The van der Waals surface area contributed by atoms with Gasteiger partial charge in [0.15, 0.2) is 0 Å². The molecule has 0 radical (unpaired) electrons. The zero-order chi connectivity index (χ0) is 27.5. The lowest BCUT2D eigenvalue weighted by Gasteiger charge is -2.34. The SMILES string of the molecule is CCCCNC(=O)C(c1cccc(C)c1O)N(CCO)C(=O)C(CCC(N)=O)NC(=O)OC(C)(C)C. The van der Waals surface area contributed by atoms with Crippen molar-refractivity contribution >= 4 is 23.8 Å². The van der Waals surface area contributed by atoms with Gasteiger partial charge in [-0.3, -0.25) is 14.4 Å². The number of aliphatic hydroxyl groups excluding tert-OH is 1. The molecule has 0 aliphatic carbocycles. The Hall–Kier alpha value is -3.34. The highest BCUT2D eigenvalue weighted by atomic mass is 16.6. The first-order valence-corrected chi connectivity index (χ1v) is 12.1. The quantitative estimate of drug-likeness (QED) is 0.252. The molecule has 0 saturated heterocycles. The number of aliphatic hydroxyl groups is 1. The van der Waals surface area contributed by atoms with Gasteiger partial charge in [0.05, 0.1) is 6.61 Å². The van der Waals surface area contributed by atoms with Crippen LogP contribution in [0.1, 0.15) is 70.5 Å². The Balaban J connectivity index is 3.47. The molecule has 2 atom stereocenters. The van der Waals surface area contributed by atoms with Crippen molar-refractivity contribution in [2.45, 2.75) is 78.0 Å². The summed E-state index contributed by atoms with van der Waals surface area (Å²) in [5.41, 5.74) is 5.08. The highest BCUT2D eigenvalue weighted by molar-refractivity contribution is 5.93. The molecule has 11 heteroatoms. The van der Waals surface area contributed by atoms with Crippen LogP contribution in [0.3, 0.4) is 0 Å². The fourth-order valence-corrected chi connectivity index (χ4v) is 3.51. The molecule has 0 aromatic heterocycles. The number of hydrogen-bond donors (Lipinski definition) is 5. The standard InChI is InChI=1S/C25H40N4O7/c1-6-7-13-27-22(33)20(17-10-8-9-16(2)21(17)32)29(14-15-30)23(34)18(11-12-19(26)31)28-24(35)36-25(3,4)5/h8-10,18,20,30,32H,6-7,11-15H2,1-5H3,(H2,26,31)(H,27,33)(H,28,35). The summed E-state index contributed by atoms with van der Waals surface area (Å²) in [4.78, 5) is 52.0. The number of carbonyl (C=O) groups is 4. The molecule has 6 N–H and O–H groups in total. The third-order valence-electron chi connectivity index (χ3n) is 5.25. The first kappa shape index (κ1) is 30.7. The maximum atomic E-state index is 13.7. The third-order valence-corrected chi connectivity index (χ3v) is 5.25. The molecule has 11 nitrogen and oxygen atoms in total. The van der Waals surface area contributed by atoms with Crippen LogP contribution in [0.15, 0.2) is 18.2 Å². The zero-order valence-electron chi connectivity index (χ0n) is 21.8. The number of aryl methyl sites for hydroxylation is 1. The van der Waals surface area contributed by atoms with E-state index in [4.69, 9.17) is 10.5 Å². The lowest BCUT2D eigenvalue weighted by molar-refractivity contribution is -0.143. The Labute approximate surface area is 212 Å². The van der Waals surface area contributed by atoms with Crippen LogP contribution in [-0.2, 0) is 19.1 Å². The average Bonchev–Trinajstić information content (AvgIpc) is 2.77. The number of alkyl carbamates (subject to hydrolysis) is 1. The maximum absolute atomic E-state index is 13.7. The number of phenolic OH excluding ortho intramolecular Hbond substituents is 1. The summed E-state index contributed by atoms with van der Waals surface area (Å²) >= 11 is 0. The summed E-state index contributed by atoms with van der Waals surface area (Å²) in [5.74, 6) is -2.15. The van der Waals surface area contributed by atoms with E-state index in [0.29, 0.717) is 18.5 Å². The number of nitrogens with one attached hydrogen (secondary N) is 2. The van der Waals surface area contributed by atoms with Crippen molar-refractivity contribution in [3.63, 3.8) is 0 Å². The van der Waals surface area contributed by atoms with Gasteiger partial charge in [0.25, 0.3) is 0 Å². The lowest BCUT2D eigenvalue weighted by Crippen LogP contribution is -2.54. The van der Waals surface area contributed by atoms with Crippen molar-refractivity contribution in [1.29, 1.82) is 0 Å². The van der Waals surface area contributed by atoms with Crippen LogP contribution in [0, 0.1) is 6.92 Å². The fraction of sp³-hybridized carbons (Fsp3) is 0.600. The van der Waals surface area contributed by atoms with Gasteiger partial charge in [-0.05, 0) is 46.1 Å². The second-order valence-corrected chi connectivity index (χ2v) is 9.52. The van der Waals surface area contributed by atoms with Crippen LogP contribution in [0.5, 0.6) is 5.75 Å². The predicted octanol–water partition coefficient (Wildman–Crippen LogP) is 1.64. The van der Waals surface area contributed by atoms with E-state index >= 15 is 0 Å². The maximum Gasteiger partial charge on any atom is 0.408 e. The minimum atomic E-state index is -1.31. The first-order chi connectivity index (χ1) is 16.8. The van der Waals surface area contributed by atoms with Gasteiger partial charge >= 0.3 is 6.09 Å². The van der Waals surface area contributed by atoms with Crippen LogP contribution in [0.4, 0.5) is 4.79 Å². The number of phenols is 1. The van der Waals surface area contributed by atoms with E-state index in [-0.39, 0.29) is 30.7 Å². The van der Waals surface area contributed by atoms with Crippen LogP contribution in [0.25, 0.3) is 0 Å². The molecule has 0 aliphatic heterocycles. The predicted molar refractivity (Wildman–Crippen MR) is 134 cm³/mol. The number of carbonyl (C=O) groups excluding carboxylic acids is 4. The molecule has 0 aliphatic rings. The van der Waals surface area contributed by atoms with Crippen LogP contribution >= 0.6 is 0 Å². The second-order valence-electron chi connectivity index (χ2n) is 9.52. The van der Waals surface area contributed by atoms with E-state index in [1.165, 1.54) is 6.07 Å². The van der Waals surface area contributed by atoms with Crippen molar-refractivity contribution in [2.75, 3.05) is 19.7 Å². The van der Waals surface area contributed by atoms with E-state index in [1.54, 1.807) is 39.8 Å². The molecule has 0 heterocycles. The molecule has 0 saturated carbocycles. The van der Waals surface area contributed by atoms with E-state index < -0.39 is 48.1 Å². The Morgan fingerprint density at radius 2 is 1.86 bits per heavy atom. The monoisotopic (exact) mass is 508 g/mol. The van der Waals surface area contributed by atoms with Gasteiger partial charge in [0.2, 0.25) is 17.7 Å². The first-order valence-electron chi connectivity index (χ1n) is 12.1. The summed E-state index contributed by atoms with van der Waals surface area (Å²) in [5, 5.41) is 25.7. The van der Waals surface area contributed by atoms with E-state index in [2.05, 4.69) is 10.6 Å². The summed E-state index contributed by atoms with van der Waals surface area (Å²) in [6.07, 6.45) is 0.265. The molecule has 4 amide bonds. The van der Waals surface area contributed by atoms with Crippen LogP contribution in [0.2, 0.25) is 0 Å². The number of nitrogens with zero attached hydrogens (tertiary/aromatic N) is 1. The number of rotatable bonds is 13. The van der Waals surface area contributed by atoms with Gasteiger partial charge < -0.3 is 36.2 Å². The minimum Gasteiger partial charge on any atom is -0.507 e. The van der Waals surface area contributed by atoms with Crippen LogP contribution < -0.4 is 16.4 Å². The molecule has 1 rings (SSSR count). The minimum absolute atomic E-state index is 0.153. The topological polar surface area (TPSA) is 171 Å². The van der Waals surface area contributed by atoms with Gasteiger partial charge in [-0.1, -0.05) is 31.5 Å². The molecule has 1 aromatic rings. The number of ether oxygens (including phenoxy) is 1. The number of nitrogens with two attached hydrogens (primary N) is 1. The summed E-state index contributed by atoms with van der Waals surface area (Å²) in [6, 6.07) is 2.23. The second kappa shape index (κ2) is 14.3. The molecular weight excluding hydrogens is 468 g/mol. The van der Waals surface area contributed by atoms with Gasteiger partial charge in [-0.2, -0.15) is 0 Å². The molecule has 0 spiro atoms. The summed E-state index contributed by atoms with van der Waals surface area (Å²) in [7, 11) is 0. The Kier molecular flexibility index (Phi) is 12.2. The van der Waals surface area contributed by atoms with Crippen molar-refractivity contribution < 1.29 is 34.1 Å². The molecule has 0 bridgehead atoms. The Morgan fingerprint density at radius 1 is 1.19 bits per heavy atom. The highest BCUT2D eigenvalue weighted by Gasteiger charge is 2.37. The van der Waals surface area contributed by atoms with Gasteiger partial charge in [-0.15, -0.1) is 0 Å². The normalized spacial score (nSPS) is 12.8. The largest absolute Gasteiger partial charge is 0.507 e. The number of amides is 4. The Morgan fingerprint density at radius 3 is 2.42 bits per heavy atom. The molecular formula is C25H40N4O7. The zero-order valence-corrected chi connectivity index (χ0v) is 21.8. The Bertz CT molecular complexity index is 914.